The average Bonchev–Trinajstić information content (AvgIpc) is 3.06. The highest BCUT2D eigenvalue weighted by Gasteiger charge is 2.39. The fraction of sp³-hybridized carbons (Fsp3) is 0.750. The molecule has 0 spiro atoms. The van der Waals surface area contributed by atoms with Crippen LogP contribution in [0.3, 0.4) is 0 Å². The van der Waals surface area contributed by atoms with Gasteiger partial charge in [-0.05, 0) is 0 Å². The number of imide groups is 1. The van der Waals surface area contributed by atoms with Crippen LogP contribution in [0.1, 0.15) is 19.8 Å². The quantitative estimate of drug-likeness (QED) is 0.0948. The Morgan fingerprint density at radius 1 is 1.06 bits per heavy atom. The summed E-state index contributed by atoms with van der Waals surface area (Å²) in [5.41, 5.74) is 0. The summed E-state index contributed by atoms with van der Waals surface area (Å²) in [4.78, 5) is 61.7. The van der Waals surface area contributed by atoms with Gasteiger partial charge in [-0.25, -0.2) is 0 Å². The van der Waals surface area contributed by atoms with Gasteiger partial charge in [0, 0.05) is 45.2 Å². The predicted octanol–water partition coefficient (Wildman–Crippen LogP) is -3.01. The van der Waals surface area contributed by atoms with Gasteiger partial charge < -0.3 is 35.6 Å². The maximum absolute atomic E-state index is 12.6. The fourth-order valence-electron chi connectivity index (χ4n) is 2.93. The Kier molecular flexibility index (Phi) is 15.1. The summed E-state index contributed by atoms with van der Waals surface area (Å²) >= 11 is 1.09. The van der Waals surface area contributed by atoms with Crippen LogP contribution in [-0.4, -0.2) is 121 Å². The maximum Gasteiger partial charge on any atom is 0.243 e. The second kappa shape index (κ2) is 17.2. The molecule has 0 aromatic carbocycles. The van der Waals surface area contributed by atoms with Crippen molar-refractivity contribution in [2.45, 2.75) is 31.1 Å². The monoisotopic (exact) mass is 506 g/mol. The molecule has 0 radical (unpaired) electrons. The SMILES string of the molecule is CC(=O)NC(CSC1CC(=O)N(CCC(=O)NCCOCCO)C1=O)C(=O)NCCOCCO. The van der Waals surface area contributed by atoms with E-state index in [0.717, 1.165) is 16.7 Å². The molecule has 0 aromatic heterocycles. The smallest absolute Gasteiger partial charge is 0.243 e. The Labute approximate surface area is 202 Å². The summed E-state index contributed by atoms with van der Waals surface area (Å²) in [6.45, 7) is 2.17. The zero-order valence-electron chi connectivity index (χ0n) is 19.2. The largest absolute Gasteiger partial charge is 0.394 e. The molecular weight excluding hydrogens is 472 g/mol. The van der Waals surface area contributed by atoms with E-state index in [-0.39, 0.29) is 83.8 Å². The number of amides is 5. The standard InChI is InChI=1S/C20H34N4O9S/c1-14(27)23-15(19(30)22-4-9-33-11-7-26)13-34-16-12-18(29)24(20(16)31)5-2-17(28)21-3-8-32-10-6-25/h15-16,25-26H,2-13H2,1H3,(H,21,28)(H,22,30)(H,23,27). The lowest BCUT2D eigenvalue weighted by atomic mass is 10.3. The van der Waals surface area contributed by atoms with E-state index < -0.39 is 34.9 Å². The molecule has 194 valence electrons. The molecule has 0 aromatic rings. The van der Waals surface area contributed by atoms with Crippen molar-refractivity contribution in [2.24, 2.45) is 0 Å². The number of ether oxygens (including phenoxy) is 2. The molecule has 0 bridgehead atoms. The summed E-state index contributed by atoms with van der Waals surface area (Å²) in [5.74, 6) is -1.97. The van der Waals surface area contributed by atoms with Crippen molar-refractivity contribution >= 4 is 41.3 Å². The Bertz CT molecular complexity index is 695. The van der Waals surface area contributed by atoms with Crippen LogP contribution in [-0.2, 0) is 33.4 Å². The second-order valence-electron chi connectivity index (χ2n) is 7.23. The molecule has 1 aliphatic heterocycles. The van der Waals surface area contributed by atoms with Crippen LogP contribution in [0.25, 0.3) is 0 Å². The fourth-order valence-corrected chi connectivity index (χ4v) is 4.12. The molecule has 1 rings (SSSR count). The Morgan fingerprint density at radius 2 is 1.68 bits per heavy atom. The van der Waals surface area contributed by atoms with Crippen LogP contribution in [0.2, 0.25) is 0 Å². The Balaban J connectivity index is 2.46. The molecular formula is C20H34N4O9S. The Morgan fingerprint density at radius 3 is 2.26 bits per heavy atom. The van der Waals surface area contributed by atoms with Crippen LogP contribution < -0.4 is 16.0 Å². The highest BCUT2D eigenvalue weighted by Crippen LogP contribution is 2.26. The van der Waals surface area contributed by atoms with Gasteiger partial charge in [0.25, 0.3) is 0 Å². The highest BCUT2D eigenvalue weighted by atomic mass is 32.2. The molecule has 5 amide bonds. The topological polar surface area (TPSA) is 184 Å². The first-order valence-electron chi connectivity index (χ1n) is 10.9. The number of carbonyl (C=O) groups is 5. The minimum absolute atomic E-state index is 0.0514. The Hall–Kier alpha value is -2.26. The average molecular weight is 507 g/mol. The van der Waals surface area contributed by atoms with Crippen LogP contribution >= 0.6 is 11.8 Å². The van der Waals surface area contributed by atoms with Gasteiger partial charge in [0.15, 0.2) is 0 Å². The summed E-state index contributed by atoms with van der Waals surface area (Å²) in [7, 11) is 0. The number of nitrogens with one attached hydrogen (secondary N) is 3. The molecule has 2 unspecified atom stereocenters. The van der Waals surface area contributed by atoms with E-state index in [9.17, 15) is 24.0 Å². The molecule has 1 aliphatic rings. The molecule has 5 N–H and O–H groups in total. The lowest BCUT2D eigenvalue weighted by molar-refractivity contribution is -0.138. The summed E-state index contributed by atoms with van der Waals surface area (Å²) in [6, 6.07) is -0.906. The minimum atomic E-state index is -0.906. The molecule has 2 atom stereocenters. The lowest BCUT2D eigenvalue weighted by Crippen LogP contribution is -2.48. The lowest BCUT2D eigenvalue weighted by Gasteiger charge is -2.19. The van der Waals surface area contributed by atoms with Gasteiger partial charge in [0.1, 0.15) is 6.04 Å². The number of likely N-dealkylation sites (tertiary alicyclic amines) is 1. The number of nitrogens with zero attached hydrogens (tertiary/aromatic N) is 1. The van der Waals surface area contributed by atoms with Crippen LogP contribution in [0.4, 0.5) is 0 Å². The number of rotatable bonds is 18. The normalized spacial score (nSPS) is 16.4. The zero-order chi connectivity index (χ0) is 25.3. The molecule has 1 saturated heterocycles. The van der Waals surface area contributed by atoms with Gasteiger partial charge in [0.2, 0.25) is 29.5 Å². The second-order valence-corrected chi connectivity index (χ2v) is 8.46. The first kappa shape index (κ1) is 29.8. The van der Waals surface area contributed by atoms with E-state index in [4.69, 9.17) is 19.7 Å². The molecule has 14 heteroatoms. The van der Waals surface area contributed by atoms with Crippen molar-refractivity contribution in [3.8, 4) is 0 Å². The number of thioether (sulfide) groups is 1. The molecule has 1 heterocycles. The zero-order valence-corrected chi connectivity index (χ0v) is 20.1. The van der Waals surface area contributed by atoms with Gasteiger partial charge in [-0.3, -0.25) is 28.9 Å². The number of aliphatic hydroxyl groups excluding tert-OH is 2. The summed E-state index contributed by atoms with van der Waals surface area (Å²) < 4.78 is 10.1. The van der Waals surface area contributed by atoms with Crippen molar-refractivity contribution in [1.82, 2.24) is 20.9 Å². The molecule has 0 aliphatic carbocycles. The number of aliphatic hydroxyl groups is 2. The van der Waals surface area contributed by atoms with Crippen LogP contribution in [0, 0.1) is 0 Å². The number of carbonyl (C=O) groups excluding carboxylic acids is 5. The summed E-state index contributed by atoms with van der Waals surface area (Å²) in [6.07, 6.45) is -0.104. The van der Waals surface area contributed by atoms with Crippen molar-refractivity contribution in [3.63, 3.8) is 0 Å². The maximum atomic E-state index is 12.6. The third-order valence-electron chi connectivity index (χ3n) is 4.51. The van der Waals surface area contributed by atoms with Crippen molar-refractivity contribution < 1.29 is 43.7 Å². The van der Waals surface area contributed by atoms with Gasteiger partial charge >= 0.3 is 0 Å². The highest BCUT2D eigenvalue weighted by molar-refractivity contribution is 8.00. The predicted molar refractivity (Wildman–Crippen MR) is 122 cm³/mol. The third kappa shape index (κ3) is 11.7. The van der Waals surface area contributed by atoms with Gasteiger partial charge in [0.05, 0.1) is 44.9 Å². The molecule has 13 nitrogen and oxygen atoms in total. The van der Waals surface area contributed by atoms with E-state index in [0.29, 0.717) is 0 Å². The van der Waals surface area contributed by atoms with Gasteiger partial charge in [-0.2, -0.15) is 0 Å². The summed E-state index contributed by atoms with van der Waals surface area (Å²) in [5, 5.41) is 24.3. The van der Waals surface area contributed by atoms with Gasteiger partial charge in [-0.15, -0.1) is 11.8 Å². The van der Waals surface area contributed by atoms with E-state index in [2.05, 4.69) is 16.0 Å². The van der Waals surface area contributed by atoms with E-state index >= 15 is 0 Å². The van der Waals surface area contributed by atoms with E-state index in [1.807, 2.05) is 0 Å². The van der Waals surface area contributed by atoms with E-state index in [1.165, 1.54) is 6.92 Å². The first-order chi connectivity index (χ1) is 16.3. The molecule has 1 fully saturated rings. The third-order valence-corrected chi connectivity index (χ3v) is 5.80. The first-order valence-corrected chi connectivity index (χ1v) is 12.0. The van der Waals surface area contributed by atoms with Crippen LogP contribution in [0.15, 0.2) is 0 Å². The number of hydrogen-bond donors (Lipinski definition) is 5. The minimum Gasteiger partial charge on any atom is -0.394 e. The molecule has 0 saturated carbocycles. The number of hydrogen-bond acceptors (Lipinski definition) is 10. The van der Waals surface area contributed by atoms with Crippen molar-refractivity contribution in [2.75, 3.05) is 65.0 Å². The van der Waals surface area contributed by atoms with Crippen LogP contribution in [0.5, 0.6) is 0 Å². The van der Waals surface area contributed by atoms with E-state index in [1.54, 1.807) is 0 Å². The molecule has 34 heavy (non-hydrogen) atoms. The van der Waals surface area contributed by atoms with Gasteiger partial charge in [-0.1, -0.05) is 0 Å². The van der Waals surface area contributed by atoms with Crippen molar-refractivity contribution in [1.29, 1.82) is 0 Å². The van der Waals surface area contributed by atoms with Crippen molar-refractivity contribution in [3.05, 3.63) is 0 Å².